The molecule has 0 radical (unpaired) electrons. The number of anilines is 2. The quantitative estimate of drug-likeness (QED) is 0.708. The van der Waals surface area contributed by atoms with Gasteiger partial charge in [-0.25, -0.2) is 13.2 Å². The monoisotopic (exact) mass is 406 g/mol. The SMILES string of the molecule is COC(=O)c1ccccc1NC(=O)[C@@H](C)Oc1ccc(N(C)S(C)(=O)=O)cc1. The van der Waals surface area contributed by atoms with Crippen molar-refractivity contribution in [2.75, 3.05) is 30.0 Å². The number of esters is 1. The fraction of sp³-hybridized carbons (Fsp3) is 0.263. The molecule has 0 unspecified atom stereocenters. The average Bonchev–Trinajstić information content (AvgIpc) is 2.67. The zero-order valence-electron chi connectivity index (χ0n) is 16.0. The second-order valence-electron chi connectivity index (χ2n) is 6.01. The van der Waals surface area contributed by atoms with E-state index in [1.54, 1.807) is 55.5 Å². The van der Waals surface area contributed by atoms with E-state index in [2.05, 4.69) is 5.32 Å². The molecule has 8 nitrogen and oxygen atoms in total. The van der Waals surface area contributed by atoms with Gasteiger partial charge in [-0.2, -0.15) is 0 Å². The van der Waals surface area contributed by atoms with Crippen molar-refractivity contribution in [3.8, 4) is 5.75 Å². The van der Waals surface area contributed by atoms with Gasteiger partial charge >= 0.3 is 5.97 Å². The molecule has 1 N–H and O–H groups in total. The molecule has 0 heterocycles. The zero-order chi connectivity index (χ0) is 20.9. The first-order valence-electron chi connectivity index (χ1n) is 8.32. The number of methoxy groups -OCH3 is 1. The summed E-state index contributed by atoms with van der Waals surface area (Å²) in [6.45, 7) is 1.56. The summed E-state index contributed by atoms with van der Waals surface area (Å²) in [5.41, 5.74) is 1.03. The molecule has 0 aromatic heterocycles. The van der Waals surface area contributed by atoms with Gasteiger partial charge in [-0.05, 0) is 43.3 Å². The van der Waals surface area contributed by atoms with Gasteiger partial charge in [0.15, 0.2) is 6.10 Å². The molecule has 28 heavy (non-hydrogen) atoms. The Bertz CT molecular complexity index is 957. The van der Waals surface area contributed by atoms with Crippen LogP contribution in [0.5, 0.6) is 5.75 Å². The number of hydrogen-bond donors (Lipinski definition) is 1. The standard InChI is InChI=1S/C19H22N2O6S/c1-13(18(22)20-17-8-6-5-7-16(17)19(23)26-3)27-15-11-9-14(10-12-15)21(2)28(4,24)25/h5-13H,1-4H3,(H,20,22)/t13-/m1/s1. The van der Waals surface area contributed by atoms with E-state index in [0.29, 0.717) is 17.1 Å². The first kappa shape index (κ1) is 21.2. The van der Waals surface area contributed by atoms with Crippen molar-refractivity contribution in [2.45, 2.75) is 13.0 Å². The predicted molar refractivity (Wildman–Crippen MR) is 106 cm³/mol. The summed E-state index contributed by atoms with van der Waals surface area (Å²) in [5, 5.41) is 2.64. The average molecular weight is 406 g/mol. The molecular formula is C19H22N2O6S. The summed E-state index contributed by atoms with van der Waals surface area (Å²) >= 11 is 0. The van der Waals surface area contributed by atoms with Gasteiger partial charge in [0, 0.05) is 7.05 Å². The lowest BCUT2D eigenvalue weighted by atomic mass is 10.1. The van der Waals surface area contributed by atoms with Gasteiger partial charge in [-0.1, -0.05) is 12.1 Å². The highest BCUT2D eigenvalue weighted by Gasteiger charge is 2.19. The van der Waals surface area contributed by atoms with Gasteiger partial charge in [0.05, 0.1) is 30.3 Å². The molecule has 0 aliphatic rings. The van der Waals surface area contributed by atoms with Gasteiger partial charge in [0.1, 0.15) is 5.75 Å². The zero-order valence-corrected chi connectivity index (χ0v) is 16.8. The Labute approximate surface area is 164 Å². The Morgan fingerprint density at radius 1 is 1.07 bits per heavy atom. The molecule has 0 fully saturated rings. The highest BCUT2D eigenvalue weighted by Crippen LogP contribution is 2.22. The van der Waals surface area contributed by atoms with Crippen molar-refractivity contribution in [1.82, 2.24) is 0 Å². The molecule has 0 saturated carbocycles. The smallest absolute Gasteiger partial charge is 0.339 e. The third-order valence-electron chi connectivity index (χ3n) is 3.97. The van der Waals surface area contributed by atoms with Crippen LogP contribution < -0.4 is 14.4 Å². The van der Waals surface area contributed by atoms with E-state index in [9.17, 15) is 18.0 Å². The topological polar surface area (TPSA) is 102 Å². The van der Waals surface area contributed by atoms with Crippen LogP contribution >= 0.6 is 0 Å². The molecule has 1 amide bonds. The van der Waals surface area contributed by atoms with E-state index >= 15 is 0 Å². The largest absolute Gasteiger partial charge is 0.481 e. The Balaban J connectivity index is 2.06. The van der Waals surface area contributed by atoms with E-state index in [0.717, 1.165) is 10.6 Å². The summed E-state index contributed by atoms with van der Waals surface area (Å²) in [7, 11) is -0.657. The first-order chi connectivity index (χ1) is 13.1. The molecule has 2 aromatic rings. The predicted octanol–water partition coefficient (Wildman–Crippen LogP) is 2.28. The minimum absolute atomic E-state index is 0.235. The molecule has 0 aliphatic carbocycles. The lowest BCUT2D eigenvalue weighted by Gasteiger charge is -2.18. The second-order valence-corrected chi connectivity index (χ2v) is 8.02. The summed E-state index contributed by atoms with van der Waals surface area (Å²) in [6.07, 6.45) is 0.250. The highest BCUT2D eigenvalue weighted by molar-refractivity contribution is 7.92. The molecule has 2 rings (SSSR count). The molecule has 2 aromatic carbocycles. The van der Waals surface area contributed by atoms with Crippen molar-refractivity contribution in [1.29, 1.82) is 0 Å². The van der Waals surface area contributed by atoms with Gasteiger partial charge in [-0.15, -0.1) is 0 Å². The Hall–Kier alpha value is -3.07. The molecule has 1 atom stereocenters. The van der Waals surface area contributed by atoms with E-state index in [-0.39, 0.29) is 5.56 Å². The van der Waals surface area contributed by atoms with Crippen LogP contribution in [0.25, 0.3) is 0 Å². The van der Waals surface area contributed by atoms with Crippen molar-refractivity contribution in [3.05, 3.63) is 54.1 Å². The maximum atomic E-state index is 12.4. The van der Waals surface area contributed by atoms with Crippen LogP contribution in [0, 0.1) is 0 Å². The maximum Gasteiger partial charge on any atom is 0.339 e. The Morgan fingerprint density at radius 3 is 2.25 bits per heavy atom. The molecule has 0 aliphatic heterocycles. The molecule has 0 spiro atoms. The van der Waals surface area contributed by atoms with E-state index < -0.39 is 28.0 Å². The van der Waals surface area contributed by atoms with Crippen molar-refractivity contribution >= 4 is 33.3 Å². The summed E-state index contributed by atoms with van der Waals surface area (Å²) in [4.78, 5) is 24.2. The van der Waals surface area contributed by atoms with Crippen LogP contribution in [0.4, 0.5) is 11.4 Å². The van der Waals surface area contributed by atoms with Crippen LogP contribution in [-0.2, 0) is 19.6 Å². The lowest BCUT2D eigenvalue weighted by Crippen LogP contribution is -2.30. The number of carbonyl (C=O) groups is 2. The number of rotatable bonds is 7. The number of nitrogens with one attached hydrogen (secondary N) is 1. The fourth-order valence-corrected chi connectivity index (χ4v) is 2.80. The van der Waals surface area contributed by atoms with E-state index in [4.69, 9.17) is 9.47 Å². The van der Waals surface area contributed by atoms with Gasteiger partial charge in [0.2, 0.25) is 10.0 Å². The van der Waals surface area contributed by atoms with E-state index in [1.165, 1.54) is 14.2 Å². The van der Waals surface area contributed by atoms with Crippen LogP contribution in [0.2, 0.25) is 0 Å². The second kappa shape index (κ2) is 8.75. The van der Waals surface area contributed by atoms with Gasteiger partial charge in [0.25, 0.3) is 5.91 Å². The number of carbonyl (C=O) groups excluding carboxylic acids is 2. The van der Waals surface area contributed by atoms with Crippen molar-refractivity contribution in [2.24, 2.45) is 0 Å². The highest BCUT2D eigenvalue weighted by atomic mass is 32.2. The number of amides is 1. The number of nitrogens with zero attached hydrogens (tertiary/aromatic N) is 1. The third kappa shape index (κ3) is 5.23. The number of sulfonamides is 1. The minimum Gasteiger partial charge on any atom is -0.481 e. The van der Waals surface area contributed by atoms with Gasteiger partial charge < -0.3 is 14.8 Å². The summed E-state index contributed by atoms with van der Waals surface area (Å²) in [5.74, 6) is -0.613. The minimum atomic E-state index is -3.36. The van der Waals surface area contributed by atoms with Crippen LogP contribution in [0.15, 0.2) is 48.5 Å². The van der Waals surface area contributed by atoms with Crippen molar-refractivity contribution in [3.63, 3.8) is 0 Å². The molecule has 0 saturated heterocycles. The Morgan fingerprint density at radius 2 is 1.68 bits per heavy atom. The number of ether oxygens (including phenoxy) is 2. The summed E-state index contributed by atoms with van der Waals surface area (Å²) in [6, 6.07) is 12.8. The Kier molecular flexibility index (Phi) is 6.63. The molecule has 150 valence electrons. The van der Waals surface area contributed by atoms with Crippen LogP contribution in [0.3, 0.4) is 0 Å². The first-order valence-corrected chi connectivity index (χ1v) is 10.2. The third-order valence-corrected chi connectivity index (χ3v) is 5.18. The number of para-hydroxylation sites is 1. The molecular weight excluding hydrogens is 384 g/mol. The molecule has 9 heteroatoms. The fourth-order valence-electron chi connectivity index (χ4n) is 2.30. The lowest BCUT2D eigenvalue weighted by molar-refractivity contribution is -0.122. The number of hydrogen-bond acceptors (Lipinski definition) is 6. The van der Waals surface area contributed by atoms with Crippen molar-refractivity contribution < 1.29 is 27.5 Å². The van der Waals surface area contributed by atoms with Crippen LogP contribution in [0.1, 0.15) is 17.3 Å². The summed E-state index contributed by atoms with van der Waals surface area (Å²) < 4.78 is 34.6. The number of benzene rings is 2. The maximum absolute atomic E-state index is 12.4. The van der Waals surface area contributed by atoms with Crippen LogP contribution in [-0.4, -0.2) is 46.8 Å². The van der Waals surface area contributed by atoms with E-state index in [1.807, 2.05) is 0 Å². The normalized spacial score (nSPS) is 12.0. The molecule has 0 bridgehead atoms. The van der Waals surface area contributed by atoms with Gasteiger partial charge in [-0.3, -0.25) is 9.10 Å².